The van der Waals surface area contributed by atoms with Crippen molar-refractivity contribution in [1.29, 1.82) is 0 Å². The van der Waals surface area contributed by atoms with Gasteiger partial charge in [0.05, 0.1) is 30.8 Å². The number of hydrogen-bond acceptors (Lipinski definition) is 8. The first kappa shape index (κ1) is 20.2. The Morgan fingerprint density at radius 3 is 2.80 bits per heavy atom. The summed E-state index contributed by atoms with van der Waals surface area (Å²) in [5, 5.41) is 15.2. The Hall–Kier alpha value is -3.04. The number of carbonyl (C=O) groups excluding carboxylic acids is 1. The molecule has 9 heteroatoms. The number of benzene rings is 1. The Labute approximate surface area is 179 Å². The summed E-state index contributed by atoms with van der Waals surface area (Å²) in [6.45, 7) is 6.03. The number of aromatic nitrogens is 3. The van der Waals surface area contributed by atoms with E-state index in [1.165, 1.54) is 11.3 Å². The van der Waals surface area contributed by atoms with Crippen LogP contribution in [-0.4, -0.2) is 60.5 Å². The lowest BCUT2D eigenvalue weighted by molar-refractivity contribution is 0.0958. The summed E-state index contributed by atoms with van der Waals surface area (Å²) >= 11 is 1.41. The highest BCUT2D eigenvalue weighted by Crippen LogP contribution is 2.27. The number of carbonyl (C=O) groups is 1. The maximum Gasteiger partial charge on any atom is 0.263 e. The Morgan fingerprint density at radius 2 is 2.00 bits per heavy atom. The number of nitrogens with zero attached hydrogens (tertiary/aromatic N) is 4. The van der Waals surface area contributed by atoms with Crippen molar-refractivity contribution in [3.05, 3.63) is 53.2 Å². The number of rotatable bonds is 7. The number of nitrogens with one attached hydrogen (secondary N) is 2. The standard InChI is InChI=1S/C21H24N6O2S/c1-15-19(30-21(25-15)16-5-3-2-4-6-16)20(28)23-8-7-22-18-13-17(14-24-26-18)27-9-11-29-12-10-27/h2-6,13-14H,7-12H2,1H3,(H,22,26)(H,23,28). The maximum absolute atomic E-state index is 12.6. The van der Waals surface area contributed by atoms with Crippen LogP contribution in [0.3, 0.4) is 0 Å². The van der Waals surface area contributed by atoms with Crippen molar-refractivity contribution in [1.82, 2.24) is 20.5 Å². The highest BCUT2D eigenvalue weighted by molar-refractivity contribution is 7.17. The zero-order chi connectivity index (χ0) is 20.8. The molecule has 156 valence electrons. The molecule has 4 rings (SSSR count). The third-order valence-corrected chi connectivity index (χ3v) is 5.96. The monoisotopic (exact) mass is 424 g/mol. The average molecular weight is 425 g/mol. The van der Waals surface area contributed by atoms with E-state index >= 15 is 0 Å². The van der Waals surface area contributed by atoms with Gasteiger partial charge in [0.2, 0.25) is 0 Å². The van der Waals surface area contributed by atoms with Gasteiger partial charge in [-0.25, -0.2) is 4.98 Å². The van der Waals surface area contributed by atoms with Gasteiger partial charge < -0.3 is 20.3 Å². The third kappa shape index (κ3) is 4.92. The molecule has 3 heterocycles. The van der Waals surface area contributed by atoms with Crippen molar-refractivity contribution >= 4 is 28.7 Å². The number of thiazole rings is 1. The minimum atomic E-state index is -0.109. The van der Waals surface area contributed by atoms with E-state index in [4.69, 9.17) is 4.74 Å². The van der Waals surface area contributed by atoms with E-state index in [1.807, 2.05) is 43.3 Å². The second-order valence-corrected chi connectivity index (χ2v) is 7.88. The van der Waals surface area contributed by atoms with Crippen LogP contribution >= 0.6 is 11.3 Å². The van der Waals surface area contributed by atoms with Gasteiger partial charge in [-0.15, -0.1) is 16.4 Å². The van der Waals surface area contributed by atoms with Crippen LogP contribution in [0, 0.1) is 6.92 Å². The first-order valence-corrected chi connectivity index (χ1v) is 10.7. The highest BCUT2D eigenvalue weighted by atomic mass is 32.1. The molecule has 0 atom stereocenters. The van der Waals surface area contributed by atoms with E-state index in [-0.39, 0.29) is 5.91 Å². The molecule has 0 saturated carbocycles. The molecule has 1 aromatic carbocycles. The van der Waals surface area contributed by atoms with Gasteiger partial charge in [0.15, 0.2) is 5.82 Å². The first-order chi connectivity index (χ1) is 14.7. The summed E-state index contributed by atoms with van der Waals surface area (Å²) in [5.41, 5.74) is 2.78. The smallest absolute Gasteiger partial charge is 0.263 e. The molecular formula is C21H24N6O2S. The van der Waals surface area contributed by atoms with Crippen LogP contribution in [0.5, 0.6) is 0 Å². The molecule has 0 bridgehead atoms. The number of amides is 1. The van der Waals surface area contributed by atoms with E-state index in [0.717, 1.165) is 48.3 Å². The molecule has 8 nitrogen and oxygen atoms in total. The fourth-order valence-electron chi connectivity index (χ4n) is 3.20. The number of morpholine rings is 1. The molecule has 0 spiro atoms. The number of aryl methyl sites for hydroxylation is 1. The van der Waals surface area contributed by atoms with Crippen LogP contribution in [0.2, 0.25) is 0 Å². The van der Waals surface area contributed by atoms with Crippen molar-refractivity contribution in [3.63, 3.8) is 0 Å². The Bertz CT molecular complexity index is 988. The maximum atomic E-state index is 12.6. The first-order valence-electron chi connectivity index (χ1n) is 9.91. The van der Waals surface area contributed by atoms with Gasteiger partial charge in [-0.2, -0.15) is 5.10 Å². The lowest BCUT2D eigenvalue weighted by Crippen LogP contribution is -2.36. The van der Waals surface area contributed by atoms with Gasteiger partial charge in [0.1, 0.15) is 9.88 Å². The topological polar surface area (TPSA) is 92.3 Å². The summed E-state index contributed by atoms with van der Waals surface area (Å²) < 4.78 is 5.39. The van der Waals surface area contributed by atoms with Crippen LogP contribution in [0.15, 0.2) is 42.6 Å². The molecule has 1 amide bonds. The molecule has 1 fully saturated rings. The van der Waals surface area contributed by atoms with Crippen LogP contribution in [-0.2, 0) is 4.74 Å². The molecule has 3 aromatic rings. The van der Waals surface area contributed by atoms with Crippen molar-refractivity contribution in [2.75, 3.05) is 49.6 Å². The Morgan fingerprint density at radius 1 is 1.20 bits per heavy atom. The van der Waals surface area contributed by atoms with Crippen LogP contribution < -0.4 is 15.5 Å². The minimum Gasteiger partial charge on any atom is -0.378 e. The SMILES string of the molecule is Cc1nc(-c2ccccc2)sc1C(=O)NCCNc1cc(N2CCOCC2)cnn1. The Balaban J connectivity index is 1.29. The van der Waals surface area contributed by atoms with E-state index < -0.39 is 0 Å². The van der Waals surface area contributed by atoms with Gasteiger partial charge in [0.25, 0.3) is 5.91 Å². The molecule has 1 aliphatic rings. The molecule has 0 unspecified atom stereocenters. The van der Waals surface area contributed by atoms with Gasteiger partial charge in [-0.3, -0.25) is 4.79 Å². The van der Waals surface area contributed by atoms with Crippen molar-refractivity contribution in [3.8, 4) is 10.6 Å². The van der Waals surface area contributed by atoms with E-state index in [2.05, 4.69) is 30.7 Å². The highest BCUT2D eigenvalue weighted by Gasteiger charge is 2.16. The molecule has 30 heavy (non-hydrogen) atoms. The average Bonchev–Trinajstić information content (AvgIpc) is 3.20. The van der Waals surface area contributed by atoms with Crippen LogP contribution in [0.4, 0.5) is 11.5 Å². The second-order valence-electron chi connectivity index (χ2n) is 6.88. The second kappa shape index (κ2) is 9.64. The quantitative estimate of drug-likeness (QED) is 0.563. The van der Waals surface area contributed by atoms with Gasteiger partial charge >= 0.3 is 0 Å². The van der Waals surface area contributed by atoms with Crippen molar-refractivity contribution in [2.24, 2.45) is 0 Å². The Kier molecular flexibility index (Phi) is 6.50. The predicted octanol–water partition coefficient (Wildman–Crippen LogP) is 2.59. The summed E-state index contributed by atoms with van der Waals surface area (Å²) in [7, 11) is 0. The van der Waals surface area contributed by atoms with E-state index in [0.29, 0.717) is 23.8 Å². The molecule has 2 N–H and O–H groups in total. The van der Waals surface area contributed by atoms with Gasteiger partial charge in [-0.1, -0.05) is 30.3 Å². The normalized spacial score (nSPS) is 13.8. The van der Waals surface area contributed by atoms with E-state index in [1.54, 1.807) is 6.20 Å². The molecule has 0 radical (unpaired) electrons. The zero-order valence-electron chi connectivity index (χ0n) is 16.8. The van der Waals surface area contributed by atoms with Crippen molar-refractivity contribution in [2.45, 2.75) is 6.92 Å². The van der Waals surface area contributed by atoms with Gasteiger partial charge in [-0.05, 0) is 6.92 Å². The lowest BCUT2D eigenvalue weighted by Gasteiger charge is -2.28. The van der Waals surface area contributed by atoms with E-state index in [9.17, 15) is 4.79 Å². The zero-order valence-corrected chi connectivity index (χ0v) is 17.6. The summed E-state index contributed by atoms with van der Waals surface area (Å²) in [6, 6.07) is 11.9. The largest absolute Gasteiger partial charge is 0.378 e. The summed E-state index contributed by atoms with van der Waals surface area (Å²) in [4.78, 5) is 20.0. The molecule has 2 aromatic heterocycles. The molecule has 1 aliphatic heterocycles. The van der Waals surface area contributed by atoms with Gasteiger partial charge in [0, 0.05) is 37.8 Å². The summed E-state index contributed by atoms with van der Waals surface area (Å²) in [5.74, 6) is 0.579. The fourth-order valence-corrected chi connectivity index (χ4v) is 4.18. The van der Waals surface area contributed by atoms with Crippen LogP contribution in [0.25, 0.3) is 10.6 Å². The number of hydrogen-bond donors (Lipinski definition) is 2. The molecule has 0 aliphatic carbocycles. The van der Waals surface area contributed by atoms with Crippen molar-refractivity contribution < 1.29 is 9.53 Å². The summed E-state index contributed by atoms with van der Waals surface area (Å²) in [6.07, 6.45) is 1.76. The van der Waals surface area contributed by atoms with Crippen LogP contribution in [0.1, 0.15) is 15.4 Å². The molecule has 1 saturated heterocycles. The fraction of sp³-hybridized carbons (Fsp3) is 0.333. The third-order valence-electron chi connectivity index (χ3n) is 4.76. The number of ether oxygens (including phenoxy) is 1. The number of anilines is 2. The predicted molar refractivity (Wildman–Crippen MR) is 118 cm³/mol. The molecular weight excluding hydrogens is 400 g/mol. The minimum absolute atomic E-state index is 0.109. The lowest BCUT2D eigenvalue weighted by atomic mass is 10.2.